The van der Waals surface area contributed by atoms with E-state index in [-0.39, 0.29) is 19.3 Å². The summed E-state index contributed by atoms with van der Waals surface area (Å²) in [6.45, 7) is 14.8. The van der Waals surface area contributed by atoms with Crippen molar-refractivity contribution in [3.63, 3.8) is 0 Å². The molecular weight excluding hydrogens is 383 g/mol. The molecule has 0 heterocycles. The molecule has 0 aliphatic rings. The van der Waals surface area contributed by atoms with E-state index in [0.29, 0.717) is 6.42 Å². The molecule has 0 rings (SSSR count). The van der Waals surface area contributed by atoms with Crippen LogP contribution < -0.4 is 0 Å². The molecule has 28 heavy (non-hydrogen) atoms. The van der Waals surface area contributed by atoms with E-state index < -0.39 is 25.2 Å². The Hall–Kier alpha value is -0.620. The SMILES string of the molecule is CCCCCCC(C)OC(=O)OCCCOP(=O)(OC(C)(C)C)OC(C)(C)C. The quantitative estimate of drug-likeness (QED) is 0.186. The van der Waals surface area contributed by atoms with Crippen LogP contribution in [0.2, 0.25) is 0 Å². The average Bonchev–Trinajstić information content (AvgIpc) is 2.47. The van der Waals surface area contributed by atoms with Crippen molar-refractivity contribution in [3.8, 4) is 0 Å². The van der Waals surface area contributed by atoms with Crippen molar-refractivity contribution >= 4 is 14.0 Å². The largest absolute Gasteiger partial charge is 0.508 e. The summed E-state index contributed by atoms with van der Waals surface area (Å²) in [6.07, 6.45) is 4.87. The number of phosphoric acid groups is 1. The van der Waals surface area contributed by atoms with Crippen LogP contribution in [0.3, 0.4) is 0 Å². The minimum Gasteiger partial charge on any atom is -0.434 e. The summed E-state index contributed by atoms with van der Waals surface area (Å²) in [6, 6.07) is 0. The molecule has 0 fully saturated rings. The van der Waals surface area contributed by atoms with E-state index in [2.05, 4.69) is 6.92 Å². The van der Waals surface area contributed by atoms with Crippen molar-refractivity contribution in [3.05, 3.63) is 0 Å². The summed E-state index contributed by atoms with van der Waals surface area (Å²) in [5, 5.41) is 0. The second kappa shape index (κ2) is 12.8. The lowest BCUT2D eigenvalue weighted by Gasteiger charge is -2.30. The summed E-state index contributed by atoms with van der Waals surface area (Å²) in [5.74, 6) is 0. The molecule has 0 aliphatic heterocycles. The molecule has 0 spiro atoms. The third kappa shape index (κ3) is 16.3. The Labute approximate surface area is 171 Å². The van der Waals surface area contributed by atoms with Gasteiger partial charge < -0.3 is 9.47 Å². The molecule has 7 nitrogen and oxygen atoms in total. The van der Waals surface area contributed by atoms with Crippen LogP contribution in [0.5, 0.6) is 0 Å². The van der Waals surface area contributed by atoms with Crippen molar-refractivity contribution < 1.29 is 32.4 Å². The van der Waals surface area contributed by atoms with Crippen LogP contribution in [0.25, 0.3) is 0 Å². The van der Waals surface area contributed by atoms with Crippen LogP contribution in [-0.4, -0.2) is 36.7 Å². The summed E-state index contributed by atoms with van der Waals surface area (Å²) in [7, 11) is -3.74. The van der Waals surface area contributed by atoms with Gasteiger partial charge in [-0.25, -0.2) is 9.36 Å². The van der Waals surface area contributed by atoms with Crippen molar-refractivity contribution in [2.24, 2.45) is 0 Å². The Morgan fingerprint density at radius 1 is 0.893 bits per heavy atom. The highest BCUT2D eigenvalue weighted by Gasteiger charge is 2.36. The highest BCUT2D eigenvalue weighted by atomic mass is 31.2. The number of hydrogen-bond acceptors (Lipinski definition) is 7. The molecule has 0 radical (unpaired) electrons. The smallest absolute Gasteiger partial charge is 0.434 e. The first kappa shape index (κ1) is 27.4. The Bertz CT molecular complexity index is 460. The van der Waals surface area contributed by atoms with Crippen LogP contribution in [0.1, 0.15) is 93.9 Å². The number of unbranched alkanes of at least 4 members (excludes halogenated alkanes) is 3. The molecule has 1 atom stereocenters. The van der Waals surface area contributed by atoms with Crippen LogP contribution in [0, 0.1) is 0 Å². The fourth-order valence-electron chi connectivity index (χ4n) is 2.25. The highest BCUT2D eigenvalue weighted by molar-refractivity contribution is 7.48. The lowest BCUT2D eigenvalue weighted by molar-refractivity contribution is -0.000515. The Morgan fingerprint density at radius 2 is 1.46 bits per heavy atom. The molecule has 168 valence electrons. The summed E-state index contributed by atoms with van der Waals surface area (Å²) in [4.78, 5) is 11.7. The van der Waals surface area contributed by atoms with Gasteiger partial charge in [0.25, 0.3) is 0 Å². The molecule has 0 aromatic heterocycles. The molecule has 0 saturated carbocycles. The maximum atomic E-state index is 12.8. The first-order valence-corrected chi connectivity index (χ1v) is 11.7. The molecule has 0 saturated heterocycles. The Morgan fingerprint density at radius 3 is 1.96 bits per heavy atom. The lowest BCUT2D eigenvalue weighted by atomic mass is 10.1. The maximum Gasteiger partial charge on any atom is 0.508 e. The second-order valence-electron chi connectivity index (χ2n) is 8.92. The third-order valence-corrected chi connectivity index (χ3v) is 5.33. The van der Waals surface area contributed by atoms with Gasteiger partial charge in [-0.3, -0.25) is 13.6 Å². The fourth-order valence-corrected chi connectivity index (χ4v) is 4.09. The first-order valence-electron chi connectivity index (χ1n) is 10.3. The van der Waals surface area contributed by atoms with Gasteiger partial charge in [0.05, 0.1) is 24.4 Å². The van der Waals surface area contributed by atoms with Crippen LogP contribution in [0.15, 0.2) is 0 Å². The normalized spacial score (nSPS) is 14.0. The second-order valence-corrected chi connectivity index (χ2v) is 10.4. The van der Waals surface area contributed by atoms with Crippen LogP contribution >= 0.6 is 7.82 Å². The summed E-state index contributed by atoms with van der Waals surface area (Å²) < 4.78 is 39.5. The molecule has 8 heteroatoms. The van der Waals surface area contributed by atoms with Crippen molar-refractivity contribution in [1.82, 2.24) is 0 Å². The zero-order chi connectivity index (χ0) is 21.8. The van der Waals surface area contributed by atoms with Gasteiger partial charge in [-0.2, -0.15) is 0 Å². The minimum absolute atomic E-state index is 0.0727. The zero-order valence-corrected chi connectivity index (χ0v) is 19.9. The molecule has 0 aliphatic carbocycles. The molecule has 0 bridgehead atoms. The molecule has 0 aromatic rings. The molecule has 1 unspecified atom stereocenters. The van der Waals surface area contributed by atoms with Gasteiger partial charge in [-0.1, -0.05) is 26.2 Å². The van der Waals surface area contributed by atoms with Gasteiger partial charge >= 0.3 is 14.0 Å². The van der Waals surface area contributed by atoms with Gasteiger partial charge in [-0.15, -0.1) is 0 Å². The summed E-state index contributed by atoms with van der Waals surface area (Å²) >= 11 is 0. The Kier molecular flexibility index (Phi) is 12.6. The lowest BCUT2D eigenvalue weighted by Crippen LogP contribution is -2.25. The molecule has 0 N–H and O–H groups in total. The highest BCUT2D eigenvalue weighted by Crippen LogP contribution is 2.55. The van der Waals surface area contributed by atoms with Crippen molar-refractivity contribution in [2.75, 3.05) is 13.2 Å². The summed E-state index contributed by atoms with van der Waals surface area (Å²) in [5.41, 5.74) is -1.37. The maximum absolute atomic E-state index is 12.8. The first-order chi connectivity index (χ1) is 12.8. The van der Waals surface area contributed by atoms with Gasteiger partial charge in [0.2, 0.25) is 0 Å². The van der Waals surface area contributed by atoms with Crippen molar-refractivity contribution in [2.45, 2.75) is 111 Å². The molecule has 0 amide bonds. The Balaban J connectivity index is 4.18. The van der Waals surface area contributed by atoms with E-state index in [0.717, 1.165) is 19.3 Å². The number of hydrogen-bond donors (Lipinski definition) is 0. The number of rotatable bonds is 13. The topological polar surface area (TPSA) is 80.3 Å². The van der Waals surface area contributed by atoms with E-state index in [9.17, 15) is 9.36 Å². The van der Waals surface area contributed by atoms with E-state index in [1.807, 2.05) is 6.92 Å². The van der Waals surface area contributed by atoms with Gasteiger partial charge in [0.15, 0.2) is 0 Å². The van der Waals surface area contributed by atoms with Gasteiger partial charge in [0.1, 0.15) is 6.10 Å². The zero-order valence-electron chi connectivity index (χ0n) is 19.0. The molecule has 0 aromatic carbocycles. The predicted molar refractivity (Wildman–Crippen MR) is 111 cm³/mol. The standard InChI is InChI=1S/C20H41O7P/c1-9-10-11-12-14-17(2)25-18(21)23-15-13-16-24-28(22,26-19(3,4)5)27-20(6,7)8/h17H,9-16H2,1-8H3. The number of phosphoric ester groups is 1. The molecular formula is C20H41O7P. The van der Waals surface area contributed by atoms with E-state index >= 15 is 0 Å². The van der Waals surface area contributed by atoms with E-state index in [4.69, 9.17) is 23.0 Å². The number of carbonyl (C=O) groups excluding carboxylic acids is 1. The van der Waals surface area contributed by atoms with E-state index in [1.54, 1.807) is 41.5 Å². The van der Waals surface area contributed by atoms with Crippen LogP contribution in [0.4, 0.5) is 4.79 Å². The third-order valence-electron chi connectivity index (χ3n) is 3.29. The number of carbonyl (C=O) groups is 1. The van der Waals surface area contributed by atoms with E-state index in [1.165, 1.54) is 12.8 Å². The predicted octanol–water partition coefficient (Wildman–Crippen LogP) is 6.64. The average molecular weight is 425 g/mol. The fraction of sp³-hybridized carbons (Fsp3) is 0.950. The van der Waals surface area contributed by atoms with Gasteiger partial charge in [0, 0.05) is 6.42 Å². The minimum atomic E-state index is -3.74. The number of ether oxygens (including phenoxy) is 2. The van der Waals surface area contributed by atoms with Gasteiger partial charge in [-0.05, 0) is 61.3 Å². The monoisotopic (exact) mass is 424 g/mol. The van der Waals surface area contributed by atoms with Crippen molar-refractivity contribution in [1.29, 1.82) is 0 Å². The van der Waals surface area contributed by atoms with Crippen LogP contribution in [-0.2, 0) is 27.6 Å².